The van der Waals surface area contributed by atoms with E-state index in [-0.39, 0.29) is 23.5 Å². The van der Waals surface area contributed by atoms with E-state index in [1.54, 1.807) is 6.07 Å². The Morgan fingerprint density at radius 3 is 2.78 bits per heavy atom. The lowest BCUT2D eigenvalue weighted by atomic mass is 10.1. The van der Waals surface area contributed by atoms with Crippen molar-refractivity contribution in [3.8, 4) is 17.0 Å². The van der Waals surface area contributed by atoms with Crippen LogP contribution >= 0.6 is 12.2 Å². The highest BCUT2D eigenvalue weighted by atomic mass is 32.1. The number of aliphatic hydroxyl groups is 1. The number of hydrogen-bond acceptors (Lipinski definition) is 4. The van der Waals surface area contributed by atoms with Gasteiger partial charge in [-0.15, -0.1) is 0 Å². The predicted octanol–water partition coefficient (Wildman–Crippen LogP) is 1.47. The number of benzene rings is 1. The zero-order chi connectivity index (χ0) is 13.0. The third-order valence-corrected chi connectivity index (χ3v) is 2.49. The molecule has 0 aliphatic heterocycles. The van der Waals surface area contributed by atoms with Crippen LogP contribution in [-0.2, 0) is 0 Å². The number of H-pyrrole nitrogens is 2. The Balaban J connectivity index is 2.49. The van der Waals surface area contributed by atoms with E-state index < -0.39 is 0 Å². The maximum atomic E-state index is 11.4. The molecular weight excluding hydrogens is 252 g/mol. The molecule has 1 aromatic carbocycles. The number of para-hydroxylation sites is 1. The summed E-state index contributed by atoms with van der Waals surface area (Å²) >= 11 is 4.93. The summed E-state index contributed by atoms with van der Waals surface area (Å²) in [6.45, 7) is 0.126. The van der Waals surface area contributed by atoms with Crippen molar-refractivity contribution >= 4 is 12.2 Å². The van der Waals surface area contributed by atoms with Crippen LogP contribution in [0.1, 0.15) is 0 Å². The summed E-state index contributed by atoms with van der Waals surface area (Å²) in [4.78, 5) is 16.8. The van der Waals surface area contributed by atoms with Crippen LogP contribution in [0.4, 0.5) is 0 Å². The Kier molecular flexibility index (Phi) is 3.91. The quantitative estimate of drug-likeness (QED) is 0.731. The van der Waals surface area contributed by atoms with Crippen LogP contribution in [-0.4, -0.2) is 28.3 Å². The van der Waals surface area contributed by atoms with Crippen LogP contribution in [0.25, 0.3) is 11.3 Å². The number of ether oxygens (including phenoxy) is 1. The first kappa shape index (κ1) is 12.5. The monoisotopic (exact) mass is 264 g/mol. The predicted molar refractivity (Wildman–Crippen MR) is 70.3 cm³/mol. The first-order valence-corrected chi connectivity index (χ1v) is 5.78. The highest BCUT2D eigenvalue weighted by Crippen LogP contribution is 2.27. The van der Waals surface area contributed by atoms with E-state index in [4.69, 9.17) is 22.1 Å². The topological polar surface area (TPSA) is 78.1 Å². The van der Waals surface area contributed by atoms with Gasteiger partial charge in [0.25, 0.3) is 5.56 Å². The molecule has 0 saturated heterocycles. The number of aliphatic hydroxyl groups excluding tert-OH is 1. The lowest BCUT2D eigenvalue weighted by molar-refractivity contribution is 0.202. The second-order valence-electron chi connectivity index (χ2n) is 3.57. The highest BCUT2D eigenvalue weighted by molar-refractivity contribution is 7.71. The van der Waals surface area contributed by atoms with Crippen LogP contribution in [0, 0.1) is 4.77 Å². The summed E-state index contributed by atoms with van der Waals surface area (Å²) < 4.78 is 5.66. The molecule has 0 spiro atoms. The van der Waals surface area contributed by atoms with Gasteiger partial charge in [0.2, 0.25) is 0 Å². The molecule has 94 valence electrons. The fraction of sp³-hybridized carbons (Fsp3) is 0.167. The molecule has 1 aromatic heterocycles. The summed E-state index contributed by atoms with van der Waals surface area (Å²) in [7, 11) is 0. The first-order valence-electron chi connectivity index (χ1n) is 5.37. The fourth-order valence-corrected chi connectivity index (χ4v) is 1.79. The Labute approximate surface area is 108 Å². The van der Waals surface area contributed by atoms with Gasteiger partial charge in [-0.1, -0.05) is 12.1 Å². The molecule has 0 fully saturated rings. The summed E-state index contributed by atoms with van der Waals surface area (Å²) in [5, 5.41) is 8.77. The number of aromatic nitrogens is 2. The Morgan fingerprint density at radius 2 is 2.06 bits per heavy atom. The van der Waals surface area contributed by atoms with Crippen molar-refractivity contribution < 1.29 is 9.84 Å². The van der Waals surface area contributed by atoms with Gasteiger partial charge in [-0.05, 0) is 24.4 Å². The molecule has 18 heavy (non-hydrogen) atoms. The Hall–Kier alpha value is -1.92. The first-order chi connectivity index (χ1) is 8.70. The molecule has 0 unspecified atom stereocenters. The lowest BCUT2D eigenvalue weighted by Gasteiger charge is -2.10. The molecule has 0 radical (unpaired) electrons. The number of nitrogens with one attached hydrogen (secondary N) is 2. The lowest BCUT2D eigenvalue weighted by Crippen LogP contribution is -2.07. The van der Waals surface area contributed by atoms with Gasteiger partial charge in [0.1, 0.15) is 12.4 Å². The molecule has 0 amide bonds. The minimum absolute atomic E-state index is 0.0697. The second-order valence-corrected chi connectivity index (χ2v) is 3.98. The van der Waals surface area contributed by atoms with E-state index >= 15 is 0 Å². The highest BCUT2D eigenvalue weighted by Gasteiger charge is 2.06. The molecule has 0 atom stereocenters. The van der Waals surface area contributed by atoms with E-state index in [0.717, 1.165) is 5.56 Å². The van der Waals surface area contributed by atoms with Gasteiger partial charge in [0.05, 0.1) is 12.3 Å². The van der Waals surface area contributed by atoms with Crippen molar-refractivity contribution in [2.24, 2.45) is 0 Å². The third-order valence-electron chi connectivity index (χ3n) is 2.29. The SMILES string of the molecule is O=c1cc(-c2ccccc2OCCO)[nH]c(=S)[nH]1. The maximum absolute atomic E-state index is 11.4. The van der Waals surface area contributed by atoms with E-state index in [9.17, 15) is 4.79 Å². The summed E-state index contributed by atoms with van der Waals surface area (Å²) in [5.74, 6) is 0.586. The molecule has 2 rings (SSSR count). The van der Waals surface area contributed by atoms with Gasteiger partial charge < -0.3 is 14.8 Å². The van der Waals surface area contributed by atoms with Gasteiger partial charge in [0.15, 0.2) is 4.77 Å². The van der Waals surface area contributed by atoms with E-state index in [0.29, 0.717) is 11.4 Å². The average Bonchev–Trinajstić information content (AvgIpc) is 2.35. The average molecular weight is 264 g/mol. The molecule has 6 heteroatoms. The number of hydrogen-bond donors (Lipinski definition) is 3. The van der Waals surface area contributed by atoms with Crippen molar-refractivity contribution in [1.29, 1.82) is 0 Å². The van der Waals surface area contributed by atoms with E-state index in [2.05, 4.69) is 9.97 Å². The van der Waals surface area contributed by atoms with Crippen molar-refractivity contribution in [3.63, 3.8) is 0 Å². The molecule has 1 heterocycles. The normalized spacial score (nSPS) is 10.3. The van der Waals surface area contributed by atoms with Gasteiger partial charge in [-0.3, -0.25) is 9.78 Å². The summed E-state index contributed by atoms with van der Waals surface area (Å²) in [6.07, 6.45) is 0. The van der Waals surface area contributed by atoms with Crippen LogP contribution in [0.3, 0.4) is 0 Å². The Bertz CT molecular complexity index is 620. The smallest absolute Gasteiger partial charge is 0.252 e. The van der Waals surface area contributed by atoms with Gasteiger partial charge >= 0.3 is 0 Å². The van der Waals surface area contributed by atoms with Gasteiger partial charge in [-0.2, -0.15) is 0 Å². The fourth-order valence-electron chi connectivity index (χ4n) is 1.58. The van der Waals surface area contributed by atoms with Gasteiger partial charge in [0, 0.05) is 11.6 Å². The van der Waals surface area contributed by atoms with Crippen molar-refractivity contribution in [3.05, 3.63) is 45.5 Å². The standard InChI is InChI=1S/C12H12N2O3S/c15-5-6-17-10-4-2-1-3-8(10)9-7-11(16)14-12(18)13-9/h1-4,7,15H,5-6H2,(H2,13,14,16,18). The van der Waals surface area contributed by atoms with Crippen molar-refractivity contribution in [2.45, 2.75) is 0 Å². The molecule has 0 aliphatic rings. The van der Waals surface area contributed by atoms with E-state index in [1.165, 1.54) is 6.07 Å². The summed E-state index contributed by atoms with van der Waals surface area (Å²) in [6, 6.07) is 8.64. The minimum Gasteiger partial charge on any atom is -0.490 e. The van der Waals surface area contributed by atoms with Crippen LogP contribution in [0.15, 0.2) is 35.1 Å². The molecule has 3 N–H and O–H groups in total. The number of rotatable bonds is 4. The minimum atomic E-state index is -0.272. The van der Waals surface area contributed by atoms with Crippen LogP contribution < -0.4 is 10.3 Å². The number of aromatic amines is 2. The molecule has 0 saturated carbocycles. The molecule has 0 bridgehead atoms. The maximum Gasteiger partial charge on any atom is 0.252 e. The van der Waals surface area contributed by atoms with Crippen LogP contribution in [0.2, 0.25) is 0 Å². The summed E-state index contributed by atoms with van der Waals surface area (Å²) in [5.41, 5.74) is 1.03. The van der Waals surface area contributed by atoms with Crippen molar-refractivity contribution in [1.82, 2.24) is 9.97 Å². The zero-order valence-corrected chi connectivity index (χ0v) is 10.3. The Morgan fingerprint density at radius 1 is 1.28 bits per heavy atom. The van der Waals surface area contributed by atoms with Crippen molar-refractivity contribution in [2.75, 3.05) is 13.2 Å². The third kappa shape index (κ3) is 2.85. The second kappa shape index (κ2) is 5.61. The molecule has 5 nitrogen and oxygen atoms in total. The molecular formula is C12H12N2O3S. The molecule has 0 aliphatic carbocycles. The van der Waals surface area contributed by atoms with Gasteiger partial charge in [-0.25, -0.2) is 0 Å². The largest absolute Gasteiger partial charge is 0.490 e. The molecule has 2 aromatic rings. The van der Waals surface area contributed by atoms with E-state index in [1.807, 2.05) is 18.2 Å². The van der Waals surface area contributed by atoms with Crippen LogP contribution in [0.5, 0.6) is 5.75 Å². The zero-order valence-electron chi connectivity index (χ0n) is 9.47.